The first kappa shape index (κ1) is 15.2. The molecule has 1 aromatic rings. The molecule has 1 N–H and O–H groups in total. The maximum Gasteiger partial charge on any atom is 0.323 e. The predicted molar refractivity (Wildman–Crippen MR) is 76.0 cm³/mol. The van der Waals surface area contributed by atoms with Crippen molar-refractivity contribution in [1.29, 1.82) is 0 Å². The summed E-state index contributed by atoms with van der Waals surface area (Å²) in [6.07, 6.45) is 1.71. The first-order valence-electron chi connectivity index (χ1n) is 6.73. The maximum atomic E-state index is 12.6. The number of hydrogen-bond acceptors (Lipinski definition) is 4. The number of carboxylic acids is 1. The number of carbonyl (C=O) groups excluding carboxylic acids is 1. The van der Waals surface area contributed by atoms with Crippen LogP contribution in [0.1, 0.15) is 28.8 Å². The number of aryl methyl sites for hydroxylation is 1. The van der Waals surface area contributed by atoms with E-state index >= 15 is 0 Å². The number of benzene rings is 1. The standard InChI is InChI=1S/C15H19NO5/c1-9-6-12(20-2)13(21-3)7-11(9)15(19)16(8-14(17)18)10-4-5-10/h6-7,10H,4-5,8H2,1-3H3,(H,17,18). The van der Waals surface area contributed by atoms with Crippen LogP contribution in [0.4, 0.5) is 0 Å². The monoisotopic (exact) mass is 293 g/mol. The fourth-order valence-corrected chi connectivity index (χ4v) is 2.26. The van der Waals surface area contributed by atoms with E-state index in [1.165, 1.54) is 19.1 Å². The van der Waals surface area contributed by atoms with Crippen LogP contribution in [0.5, 0.6) is 11.5 Å². The molecule has 0 heterocycles. The Labute approximate surface area is 123 Å². The first-order valence-corrected chi connectivity index (χ1v) is 6.73. The molecule has 1 aliphatic carbocycles. The first-order chi connectivity index (χ1) is 9.97. The summed E-state index contributed by atoms with van der Waals surface area (Å²) in [4.78, 5) is 25.0. The molecule has 1 saturated carbocycles. The molecule has 0 aromatic heterocycles. The fraction of sp³-hybridized carbons (Fsp3) is 0.467. The van der Waals surface area contributed by atoms with Gasteiger partial charge in [-0.3, -0.25) is 9.59 Å². The average Bonchev–Trinajstić information content (AvgIpc) is 3.28. The van der Waals surface area contributed by atoms with E-state index in [0.29, 0.717) is 17.1 Å². The van der Waals surface area contributed by atoms with Crippen molar-refractivity contribution in [3.8, 4) is 11.5 Å². The molecule has 2 rings (SSSR count). The predicted octanol–water partition coefficient (Wildman–Crippen LogP) is 1.70. The number of hydrogen-bond donors (Lipinski definition) is 1. The molecule has 1 fully saturated rings. The van der Waals surface area contributed by atoms with Gasteiger partial charge >= 0.3 is 5.97 Å². The second-order valence-electron chi connectivity index (χ2n) is 5.08. The Morgan fingerprint density at radius 2 is 1.81 bits per heavy atom. The summed E-state index contributed by atoms with van der Waals surface area (Å²) in [6, 6.07) is 3.35. The van der Waals surface area contributed by atoms with Crippen LogP contribution in [0.15, 0.2) is 12.1 Å². The van der Waals surface area contributed by atoms with Crippen LogP contribution >= 0.6 is 0 Å². The molecule has 0 radical (unpaired) electrons. The number of nitrogens with zero attached hydrogens (tertiary/aromatic N) is 1. The summed E-state index contributed by atoms with van der Waals surface area (Å²) in [5.74, 6) is -0.285. The van der Waals surface area contributed by atoms with E-state index in [2.05, 4.69) is 0 Å². The summed E-state index contributed by atoms with van der Waals surface area (Å²) in [5.41, 5.74) is 1.18. The normalized spacial score (nSPS) is 13.7. The Kier molecular flexibility index (Phi) is 4.35. The van der Waals surface area contributed by atoms with E-state index in [1.54, 1.807) is 19.1 Å². The lowest BCUT2D eigenvalue weighted by atomic mass is 10.1. The van der Waals surface area contributed by atoms with Gasteiger partial charge in [0, 0.05) is 11.6 Å². The van der Waals surface area contributed by atoms with Gasteiger partial charge in [0.15, 0.2) is 11.5 Å². The molecule has 0 spiro atoms. The van der Waals surface area contributed by atoms with Crippen molar-refractivity contribution >= 4 is 11.9 Å². The number of rotatable bonds is 6. The van der Waals surface area contributed by atoms with Crippen molar-refractivity contribution in [2.75, 3.05) is 20.8 Å². The van der Waals surface area contributed by atoms with Gasteiger partial charge in [0.05, 0.1) is 14.2 Å². The summed E-state index contributed by atoms with van der Waals surface area (Å²) < 4.78 is 10.4. The zero-order chi connectivity index (χ0) is 15.6. The minimum Gasteiger partial charge on any atom is -0.493 e. The second-order valence-corrected chi connectivity index (χ2v) is 5.08. The number of methoxy groups -OCH3 is 2. The van der Waals surface area contributed by atoms with E-state index in [4.69, 9.17) is 14.6 Å². The van der Waals surface area contributed by atoms with Crippen LogP contribution in [-0.4, -0.2) is 48.7 Å². The molecule has 0 atom stereocenters. The van der Waals surface area contributed by atoms with Gasteiger partial charge in [-0.25, -0.2) is 0 Å². The van der Waals surface area contributed by atoms with E-state index in [-0.39, 0.29) is 18.5 Å². The highest BCUT2D eigenvalue weighted by molar-refractivity contribution is 5.98. The summed E-state index contributed by atoms with van der Waals surface area (Å²) in [7, 11) is 3.02. The lowest BCUT2D eigenvalue weighted by molar-refractivity contribution is -0.137. The molecule has 21 heavy (non-hydrogen) atoms. The van der Waals surface area contributed by atoms with Crippen LogP contribution in [0.2, 0.25) is 0 Å². The number of ether oxygens (including phenoxy) is 2. The molecule has 1 amide bonds. The molecule has 0 aliphatic heterocycles. The Morgan fingerprint density at radius 1 is 1.24 bits per heavy atom. The topological polar surface area (TPSA) is 76.1 Å². The maximum absolute atomic E-state index is 12.6. The average molecular weight is 293 g/mol. The van der Waals surface area contributed by atoms with Crippen molar-refractivity contribution in [1.82, 2.24) is 4.90 Å². The van der Waals surface area contributed by atoms with Gasteiger partial charge in [0.25, 0.3) is 5.91 Å². The lowest BCUT2D eigenvalue weighted by Crippen LogP contribution is -2.37. The van der Waals surface area contributed by atoms with Gasteiger partial charge in [-0.2, -0.15) is 0 Å². The Balaban J connectivity index is 2.34. The van der Waals surface area contributed by atoms with E-state index in [0.717, 1.165) is 18.4 Å². The zero-order valence-corrected chi connectivity index (χ0v) is 12.4. The van der Waals surface area contributed by atoms with Gasteiger partial charge in [-0.1, -0.05) is 0 Å². The largest absolute Gasteiger partial charge is 0.493 e. The van der Waals surface area contributed by atoms with Crippen molar-refractivity contribution in [2.24, 2.45) is 0 Å². The van der Waals surface area contributed by atoms with Crippen molar-refractivity contribution in [3.63, 3.8) is 0 Å². The highest BCUT2D eigenvalue weighted by atomic mass is 16.5. The Morgan fingerprint density at radius 3 is 2.29 bits per heavy atom. The molecule has 6 nitrogen and oxygen atoms in total. The molecule has 1 aromatic carbocycles. The SMILES string of the molecule is COc1cc(C)c(C(=O)N(CC(=O)O)C2CC2)cc1OC. The van der Waals surface area contributed by atoms with Crippen LogP contribution in [-0.2, 0) is 4.79 Å². The van der Waals surface area contributed by atoms with E-state index in [9.17, 15) is 9.59 Å². The van der Waals surface area contributed by atoms with Gasteiger partial charge in [0.1, 0.15) is 6.54 Å². The highest BCUT2D eigenvalue weighted by Crippen LogP contribution is 2.33. The summed E-state index contributed by atoms with van der Waals surface area (Å²) >= 11 is 0. The number of carboxylic acid groups (broad SMARTS) is 1. The van der Waals surface area contributed by atoms with Gasteiger partial charge in [-0.05, 0) is 37.5 Å². The highest BCUT2D eigenvalue weighted by Gasteiger charge is 2.35. The van der Waals surface area contributed by atoms with E-state index in [1.807, 2.05) is 0 Å². The van der Waals surface area contributed by atoms with Crippen molar-refractivity contribution in [2.45, 2.75) is 25.8 Å². The van der Waals surface area contributed by atoms with Gasteiger partial charge in [-0.15, -0.1) is 0 Å². The minimum atomic E-state index is -1.01. The summed E-state index contributed by atoms with van der Waals surface area (Å²) in [5, 5.41) is 8.97. The third-order valence-electron chi connectivity index (χ3n) is 3.52. The molecular weight excluding hydrogens is 274 g/mol. The Bertz CT molecular complexity index is 565. The smallest absolute Gasteiger partial charge is 0.323 e. The molecule has 0 saturated heterocycles. The van der Waals surface area contributed by atoms with E-state index < -0.39 is 5.97 Å². The number of amides is 1. The lowest BCUT2D eigenvalue weighted by Gasteiger charge is -2.22. The number of aliphatic carboxylic acids is 1. The van der Waals surface area contributed by atoms with Gasteiger partial charge in [0.2, 0.25) is 0 Å². The molecule has 0 bridgehead atoms. The van der Waals surface area contributed by atoms with Crippen molar-refractivity contribution in [3.05, 3.63) is 23.3 Å². The third kappa shape index (κ3) is 3.26. The molecule has 114 valence electrons. The van der Waals surface area contributed by atoms with Crippen LogP contribution < -0.4 is 9.47 Å². The summed E-state index contributed by atoms with van der Waals surface area (Å²) in [6.45, 7) is 1.51. The quantitative estimate of drug-likeness (QED) is 0.864. The van der Waals surface area contributed by atoms with Gasteiger partial charge < -0.3 is 19.5 Å². The zero-order valence-electron chi connectivity index (χ0n) is 12.4. The Hall–Kier alpha value is -2.24. The fourth-order valence-electron chi connectivity index (χ4n) is 2.26. The van der Waals surface area contributed by atoms with Crippen LogP contribution in [0.3, 0.4) is 0 Å². The van der Waals surface area contributed by atoms with Crippen LogP contribution in [0, 0.1) is 6.92 Å². The molecule has 0 unspecified atom stereocenters. The molecular formula is C15H19NO5. The second kappa shape index (κ2) is 6.03. The minimum absolute atomic E-state index is 0.0288. The number of carbonyl (C=O) groups is 2. The van der Waals surface area contributed by atoms with Crippen molar-refractivity contribution < 1.29 is 24.2 Å². The third-order valence-corrected chi connectivity index (χ3v) is 3.52. The molecule has 6 heteroatoms. The molecule has 1 aliphatic rings. The van der Waals surface area contributed by atoms with Crippen LogP contribution in [0.25, 0.3) is 0 Å².